The molecule has 0 atom stereocenters. The Morgan fingerprint density at radius 2 is 1.22 bits per heavy atom. The number of amidine groups is 1. The van der Waals surface area contributed by atoms with E-state index in [1.807, 2.05) is 0 Å². The summed E-state index contributed by atoms with van der Waals surface area (Å²) in [7, 11) is 0. The second-order valence-electron chi connectivity index (χ2n) is 7.38. The van der Waals surface area contributed by atoms with Gasteiger partial charge in [-0.1, -0.05) is 96.8 Å². The van der Waals surface area contributed by atoms with Crippen LogP contribution in [0.5, 0.6) is 0 Å². The molecule has 0 aromatic rings. The fourth-order valence-electron chi connectivity index (χ4n) is 3.06. The van der Waals surface area contributed by atoms with E-state index < -0.39 is 15.6 Å². The second-order valence-corrected chi connectivity index (χ2v) is 8.66. The van der Waals surface area contributed by atoms with Crippen molar-refractivity contribution in [3.8, 4) is 0 Å². The minimum absolute atomic E-state index is 0.0624. The molecule has 0 radical (unpaired) electrons. The van der Waals surface area contributed by atoms with Gasteiger partial charge in [-0.25, -0.2) is 0 Å². The van der Waals surface area contributed by atoms with Gasteiger partial charge in [-0.15, -0.1) is 0 Å². The molecule has 0 fully saturated rings. The fraction of sp³-hybridized carbons (Fsp3) is 0.850. The zero-order valence-corrected chi connectivity index (χ0v) is 18.8. The van der Waals surface area contributed by atoms with Gasteiger partial charge in [0.25, 0.3) is 5.97 Å². The van der Waals surface area contributed by atoms with Crippen molar-refractivity contribution in [2.24, 2.45) is 5.73 Å². The zero-order chi connectivity index (χ0) is 20.2. The minimum Gasteiger partial charge on any atom is -0.614 e. The average Bonchev–Trinajstić information content (AvgIpc) is 2.62. The van der Waals surface area contributed by atoms with Crippen LogP contribution in [-0.4, -0.2) is 32.2 Å². The Labute approximate surface area is 172 Å². The summed E-state index contributed by atoms with van der Waals surface area (Å²) in [5, 5.41) is 16.8. The summed E-state index contributed by atoms with van der Waals surface area (Å²) in [6, 6.07) is 0. The van der Waals surface area contributed by atoms with Gasteiger partial charge in [-0.2, -0.15) is 0 Å². The van der Waals surface area contributed by atoms with E-state index >= 15 is 0 Å². The van der Waals surface area contributed by atoms with Gasteiger partial charge >= 0.3 is 15.6 Å². The highest BCUT2D eigenvalue weighted by atomic mass is 27.1. The molecule has 7 heteroatoms. The van der Waals surface area contributed by atoms with Gasteiger partial charge in [0.05, 0.1) is 4.70 Å². The third-order valence-electron chi connectivity index (χ3n) is 4.65. The maximum absolute atomic E-state index is 11.6. The number of carbonyl (C=O) groups excluding carboxylic acids is 1. The number of hydrogen-bond donors (Lipinski definition) is 4. The molecule has 5 N–H and O–H groups in total. The van der Waals surface area contributed by atoms with Crippen molar-refractivity contribution in [3.05, 3.63) is 0 Å². The molecule has 0 rings (SSSR count). The summed E-state index contributed by atoms with van der Waals surface area (Å²) in [6.07, 6.45) is 20.0. The summed E-state index contributed by atoms with van der Waals surface area (Å²) in [6.45, 7) is 2.27. The van der Waals surface area contributed by atoms with Crippen molar-refractivity contribution in [3.63, 3.8) is 0 Å². The number of guanidine groups is 1. The highest BCUT2D eigenvalue weighted by Crippen LogP contribution is 2.13. The van der Waals surface area contributed by atoms with Gasteiger partial charge in [-0.3, -0.25) is 10.2 Å². The van der Waals surface area contributed by atoms with E-state index in [9.17, 15) is 4.79 Å². The standard InChI is InChI=1S/C18H36O2.C2H5N4.Al.H/c1-2-3-4-5-6-7-8-9-10-11-12-13-14-15-16-17-18(19)20;3-1-6-2(4)5;;/h2-17H2,1H3,(H,19,20);(H5,3,4,5,6);;/q;;+1;/p-1. The summed E-state index contributed by atoms with van der Waals surface area (Å²) >= 11 is -1.42. The maximum Gasteiger partial charge on any atom is 0.606 e. The Kier molecular flexibility index (Phi) is 18.9. The molecule has 0 saturated carbocycles. The number of nitrogens with two attached hydrogens (primary N) is 1. The van der Waals surface area contributed by atoms with Crippen molar-refractivity contribution in [1.82, 2.24) is 5.32 Å². The quantitative estimate of drug-likeness (QED) is 0.118. The van der Waals surface area contributed by atoms with Crippen LogP contribution < -0.4 is 11.1 Å². The molecular formula is C20H41AlN4O2. The topological polar surface area (TPSA) is 112 Å². The lowest BCUT2D eigenvalue weighted by molar-refractivity contribution is -0.134. The van der Waals surface area contributed by atoms with Crippen molar-refractivity contribution >= 4 is 32.2 Å². The van der Waals surface area contributed by atoms with Crippen LogP contribution in [0.1, 0.15) is 110 Å². The fourth-order valence-corrected chi connectivity index (χ4v) is 3.78. The number of carbonyl (C=O) groups is 1. The first-order valence-electron chi connectivity index (χ1n) is 10.9. The first kappa shape index (κ1) is 25.9. The summed E-state index contributed by atoms with van der Waals surface area (Å²) in [5.74, 6) is -0.516. The molecule has 0 spiro atoms. The van der Waals surface area contributed by atoms with Gasteiger partial charge < -0.3 is 20.2 Å². The van der Waals surface area contributed by atoms with E-state index in [2.05, 4.69) is 12.2 Å². The van der Waals surface area contributed by atoms with Gasteiger partial charge in [0.2, 0.25) is 0 Å². The zero-order valence-electron chi connectivity index (χ0n) is 17.4. The molecular weight excluding hydrogens is 355 g/mol. The second kappa shape index (κ2) is 19.7. The molecule has 6 nitrogen and oxygen atoms in total. The van der Waals surface area contributed by atoms with Crippen LogP contribution in [0.2, 0.25) is 0 Å². The van der Waals surface area contributed by atoms with Crippen LogP contribution >= 0.6 is 0 Å². The number of rotatable bonds is 18. The normalized spacial score (nSPS) is 10.4. The Balaban J connectivity index is 3.23. The van der Waals surface area contributed by atoms with Crippen LogP contribution in [0.4, 0.5) is 0 Å². The van der Waals surface area contributed by atoms with E-state index in [-0.39, 0.29) is 16.6 Å². The van der Waals surface area contributed by atoms with Crippen molar-refractivity contribution in [2.45, 2.75) is 110 Å². The molecule has 0 amide bonds. The number of nitrogens with one attached hydrogen (secondary N) is 3. The number of unbranched alkanes of at least 4 members (excludes halogenated alkanes) is 14. The smallest absolute Gasteiger partial charge is 0.606 e. The van der Waals surface area contributed by atoms with Gasteiger partial charge in [0.1, 0.15) is 0 Å². The largest absolute Gasteiger partial charge is 0.614 e. The predicted molar refractivity (Wildman–Crippen MR) is 116 cm³/mol. The lowest BCUT2D eigenvalue weighted by Crippen LogP contribution is -2.39. The third-order valence-corrected chi connectivity index (χ3v) is 5.58. The Hall–Kier alpha value is -1.06. The summed E-state index contributed by atoms with van der Waals surface area (Å²) in [4.78, 5) is 11.6. The van der Waals surface area contributed by atoms with Crippen molar-refractivity contribution in [1.29, 1.82) is 10.8 Å². The van der Waals surface area contributed by atoms with Crippen molar-refractivity contribution in [2.75, 3.05) is 0 Å². The molecule has 0 aliphatic rings. The Morgan fingerprint density at radius 1 is 0.815 bits per heavy atom. The van der Waals surface area contributed by atoms with Crippen LogP contribution in [0.3, 0.4) is 0 Å². The molecule has 0 heterocycles. The predicted octanol–water partition coefficient (Wildman–Crippen LogP) is 4.56. The number of hydrogen-bond acceptors (Lipinski definition) is 4. The van der Waals surface area contributed by atoms with E-state index in [1.54, 1.807) is 0 Å². The molecule has 0 aliphatic carbocycles. The minimum atomic E-state index is -1.42. The third kappa shape index (κ3) is 21.1. The van der Waals surface area contributed by atoms with E-state index in [0.29, 0.717) is 6.42 Å². The Bertz CT molecular complexity index is 405. The van der Waals surface area contributed by atoms with Gasteiger partial charge in [0.15, 0.2) is 5.96 Å². The lowest BCUT2D eigenvalue weighted by atomic mass is 10.0. The lowest BCUT2D eigenvalue weighted by Gasteiger charge is -2.07. The van der Waals surface area contributed by atoms with Gasteiger partial charge in [0, 0.05) is 6.42 Å². The summed E-state index contributed by atoms with van der Waals surface area (Å²) < 4.78 is 5.15. The molecule has 0 bridgehead atoms. The van der Waals surface area contributed by atoms with Gasteiger partial charge in [-0.05, 0) is 6.42 Å². The molecule has 0 saturated heterocycles. The summed E-state index contributed by atoms with van der Waals surface area (Å²) in [5.41, 5.74) is 5.11. The molecule has 156 valence electrons. The Morgan fingerprint density at radius 3 is 1.63 bits per heavy atom. The SMILES string of the molecule is CCCCCCCCCCCCCCCCCC(=O)[O][AlH][C](=N)NC(=N)N. The van der Waals surface area contributed by atoms with Crippen LogP contribution in [0.25, 0.3) is 0 Å². The molecule has 0 unspecified atom stereocenters. The molecule has 27 heavy (non-hydrogen) atoms. The van der Waals surface area contributed by atoms with Crippen LogP contribution in [-0.2, 0) is 8.58 Å². The molecule has 0 aliphatic heterocycles. The van der Waals surface area contributed by atoms with Crippen LogP contribution in [0.15, 0.2) is 0 Å². The van der Waals surface area contributed by atoms with Crippen molar-refractivity contribution < 1.29 is 8.58 Å². The molecule has 0 aromatic carbocycles. The van der Waals surface area contributed by atoms with E-state index in [1.165, 1.54) is 83.5 Å². The average molecular weight is 397 g/mol. The highest BCUT2D eigenvalue weighted by Gasteiger charge is 2.10. The maximum atomic E-state index is 11.6. The first-order valence-corrected chi connectivity index (χ1v) is 12.2. The van der Waals surface area contributed by atoms with E-state index in [4.69, 9.17) is 20.3 Å². The first-order chi connectivity index (χ1) is 13.1. The monoisotopic (exact) mass is 396 g/mol. The highest BCUT2D eigenvalue weighted by molar-refractivity contribution is 6.71. The molecule has 0 aromatic heterocycles. The van der Waals surface area contributed by atoms with E-state index in [0.717, 1.165) is 12.8 Å². The van der Waals surface area contributed by atoms with Crippen LogP contribution in [0, 0.1) is 10.8 Å².